The molecule has 1 aromatic heterocycles. The van der Waals surface area contributed by atoms with Gasteiger partial charge in [-0.15, -0.1) is 10.2 Å². The number of rotatable bonds is 1. The summed E-state index contributed by atoms with van der Waals surface area (Å²) >= 11 is 0. The molecule has 0 aliphatic heterocycles. The molecule has 0 aliphatic carbocycles. The van der Waals surface area contributed by atoms with Crippen LogP contribution in [0, 0.1) is 5.82 Å². The van der Waals surface area contributed by atoms with Gasteiger partial charge in [0.05, 0.1) is 11.4 Å². The molecule has 1 heterocycles. The lowest BCUT2D eigenvalue weighted by Gasteiger charge is -2.04. The van der Waals surface area contributed by atoms with Crippen molar-refractivity contribution in [3.63, 3.8) is 0 Å². The second kappa shape index (κ2) is 2.85. The first-order valence-electron chi connectivity index (χ1n) is 3.67. The van der Waals surface area contributed by atoms with Gasteiger partial charge in [-0.1, -0.05) is 0 Å². The second-order valence-corrected chi connectivity index (χ2v) is 2.57. The summed E-state index contributed by atoms with van der Waals surface area (Å²) in [7, 11) is 0. The van der Waals surface area contributed by atoms with Crippen molar-refractivity contribution < 1.29 is 4.39 Å². The summed E-state index contributed by atoms with van der Waals surface area (Å²) in [6, 6.07) is 4.15. The van der Waals surface area contributed by atoms with Gasteiger partial charge >= 0.3 is 0 Å². The Hall–Kier alpha value is -1.91. The third-order valence-corrected chi connectivity index (χ3v) is 1.69. The van der Waals surface area contributed by atoms with Crippen molar-refractivity contribution in [2.45, 2.75) is 0 Å². The van der Waals surface area contributed by atoms with Crippen molar-refractivity contribution in [2.24, 2.45) is 0 Å². The fourth-order valence-electron chi connectivity index (χ4n) is 1.07. The molecule has 5 heteroatoms. The van der Waals surface area contributed by atoms with E-state index in [0.717, 1.165) is 0 Å². The van der Waals surface area contributed by atoms with E-state index < -0.39 is 0 Å². The van der Waals surface area contributed by atoms with Crippen LogP contribution >= 0.6 is 0 Å². The largest absolute Gasteiger partial charge is 0.397 e. The monoisotopic (exact) mass is 178 g/mol. The summed E-state index contributed by atoms with van der Waals surface area (Å²) in [5.41, 5.74) is 6.67. The summed E-state index contributed by atoms with van der Waals surface area (Å²) in [5, 5.41) is 7.21. The minimum absolute atomic E-state index is 0.335. The molecule has 0 fully saturated rings. The SMILES string of the molecule is Nc1ccc(F)cc1-n1cnnc1. The molecule has 0 spiro atoms. The minimum Gasteiger partial charge on any atom is -0.397 e. The van der Waals surface area contributed by atoms with Gasteiger partial charge in [-0.05, 0) is 12.1 Å². The van der Waals surface area contributed by atoms with Crippen molar-refractivity contribution in [1.82, 2.24) is 14.8 Å². The van der Waals surface area contributed by atoms with Crippen LogP contribution < -0.4 is 5.73 Å². The average molecular weight is 178 g/mol. The van der Waals surface area contributed by atoms with Crippen molar-refractivity contribution in [3.8, 4) is 5.69 Å². The molecule has 66 valence electrons. The molecule has 13 heavy (non-hydrogen) atoms. The predicted octanol–water partition coefficient (Wildman–Crippen LogP) is 0.989. The number of nitrogen functional groups attached to an aromatic ring is 1. The van der Waals surface area contributed by atoms with E-state index in [0.29, 0.717) is 11.4 Å². The zero-order valence-electron chi connectivity index (χ0n) is 6.68. The number of anilines is 1. The fraction of sp³-hybridized carbons (Fsp3) is 0. The number of benzene rings is 1. The van der Waals surface area contributed by atoms with E-state index in [1.807, 2.05) is 0 Å². The zero-order valence-corrected chi connectivity index (χ0v) is 6.68. The second-order valence-electron chi connectivity index (χ2n) is 2.57. The third kappa shape index (κ3) is 1.35. The van der Waals surface area contributed by atoms with Gasteiger partial charge in [0.2, 0.25) is 0 Å². The smallest absolute Gasteiger partial charge is 0.125 e. The summed E-state index contributed by atoms with van der Waals surface area (Å²) in [4.78, 5) is 0. The zero-order chi connectivity index (χ0) is 9.26. The highest BCUT2D eigenvalue weighted by molar-refractivity contribution is 5.57. The van der Waals surface area contributed by atoms with Crippen molar-refractivity contribution in [3.05, 3.63) is 36.7 Å². The molecule has 0 radical (unpaired) electrons. The van der Waals surface area contributed by atoms with Crippen LogP contribution in [0.2, 0.25) is 0 Å². The Kier molecular flexibility index (Phi) is 1.70. The molecule has 2 aromatic rings. The topological polar surface area (TPSA) is 56.7 Å². The summed E-state index contributed by atoms with van der Waals surface area (Å²) in [5.74, 6) is -0.335. The number of hydrogen-bond acceptors (Lipinski definition) is 3. The van der Waals surface area contributed by atoms with Gasteiger partial charge in [-0.2, -0.15) is 0 Å². The number of nitrogens with two attached hydrogens (primary N) is 1. The van der Waals surface area contributed by atoms with Crippen LogP contribution in [-0.4, -0.2) is 14.8 Å². The van der Waals surface area contributed by atoms with E-state index in [2.05, 4.69) is 10.2 Å². The first-order chi connectivity index (χ1) is 6.27. The molecule has 0 aliphatic rings. The van der Waals surface area contributed by atoms with E-state index in [-0.39, 0.29) is 5.82 Å². The van der Waals surface area contributed by atoms with Gasteiger partial charge in [-0.3, -0.25) is 4.57 Å². The van der Waals surface area contributed by atoms with Gasteiger partial charge in [0.15, 0.2) is 0 Å². The molecular weight excluding hydrogens is 171 g/mol. The molecule has 0 amide bonds. The van der Waals surface area contributed by atoms with E-state index in [9.17, 15) is 4.39 Å². The van der Waals surface area contributed by atoms with Gasteiger partial charge < -0.3 is 5.73 Å². The lowest BCUT2D eigenvalue weighted by Crippen LogP contribution is -1.97. The van der Waals surface area contributed by atoms with Crippen LogP contribution in [-0.2, 0) is 0 Å². The van der Waals surface area contributed by atoms with E-state index >= 15 is 0 Å². The van der Waals surface area contributed by atoms with E-state index in [1.54, 1.807) is 4.57 Å². The minimum atomic E-state index is -0.335. The first kappa shape index (κ1) is 7.72. The summed E-state index contributed by atoms with van der Waals surface area (Å²) in [6.07, 6.45) is 2.93. The first-order valence-corrected chi connectivity index (χ1v) is 3.67. The van der Waals surface area contributed by atoms with Crippen LogP contribution in [0.4, 0.5) is 10.1 Å². The number of nitrogens with zero attached hydrogens (tertiary/aromatic N) is 3. The summed E-state index contributed by atoms with van der Waals surface area (Å²) < 4.78 is 14.4. The quantitative estimate of drug-likeness (QED) is 0.662. The van der Waals surface area contributed by atoms with Crippen LogP contribution in [0.25, 0.3) is 5.69 Å². The van der Waals surface area contributed by atoms with Gasteiger partial charge in [-0.25, -0.2) is 4.39 Å². The summed E-state index contributed by atoms with van der Waals surface area (Å²) in [6.45, 7) is 0. The van der Waals surface area contributed by atoms with Crippen LogP contribution in [0.1, 0.15) is 0 Å². The van der Waals surface area contributed by atoms with Gasteiger partial charge in [0.25, 0.3) is 0 Å². The Morgan fingerprint density at radius 3 is 2.62 bits per heavy atom. The average Bonchev–Trinajstić information content (AvgIpc) is 2.61. The molecule has 1 aromatic carbocycles. The van der Waals surface area contributed by atoms with E-state index in [4.69, 9.17) is 5.73 Å². The van der Waals surface area contributed by atoms with E-state index in [1.165, 1.54) is 30.9 Å². The highest BCUT2D eigenvalue weighted by atomic mass is 19.1. The highest BCUT2D eigenvalue weighted by Gasteiger charge is 2.02. The molecule has 0 unspecified atom stereocenters. The Balaban J connectivity index is 2.57. The Morgan fingerprint density at radius 1 is 1.23 bits per heavy atom. The van der Waals surface area contributed by atoms with Crippen molar-refractivity contribution in [2.75, 3.05) is 5.73 Å². The normalized spacial score (nSPS) is 10.2. The van der Waals surface area contributed by atoms with Gasteiger partial charge in [0, 0.05) is 6.07 Å². The van der Waals surface area contributed by atoms with Crippen molar-refractivity contribution >= 4 is 5.69 Å². The lowest BCUT2D eigenvalue weighted by atomic mass is 10.2. The fourth-order valence-corrected chi connectivity index (χ4v) is 1.07. The Labute approximate surface area is 73.8 Å². The molecule has 0 saturated carbocycles. The maximum Gasteiger partial charge on any atom is 0.125 e. The molecule has 4 nitrogen and oxygen atoms in total. The molecule has 0 saturated heterocycles. The number of halogens is 1. The van der Waals surface area contributed by atoms with Crippen LogP contribution in [0.15, 0.2) is 30.9 Å². The molecular formula is C8H7FN4. The maximum absolute atomic E-state index is 12.8. The van der Waals surface area contributed by atoms with Gasteiger partial charge in [0.1, 0.15) is 18.5 Å². The maximum atomic E-state index is 12.8. The number of hydrogen-bond donors (Lipinski definition) is 1. The Morgan fingerprint density at radius 2 is 1.92 bits per heavy atom. The third-order valence-electron chi connectivity index (χ3n) is 1.69. The highest BCUT2D eigenvalue weighted by Crippen LogP contribution is 2.16. The number of aromatic nitrogens is 3. The Bertz CT molecular complexity index is 410. The molecule has 0 bridgehead atoms. The predicted molar refractivity (Wildman–Crippen MR) is 45.7 cm³/mol. The lowest BCUT2D eigenvalue weighted by molar-refractivity contribution is 0.627. The standard InChI is InChI=1S/C8H7FN4/c9-6-1-2-7(10)8(3-6)13-4-11-12-5-13/h1-5H,10H2. The molecule has 2 N–H and O–H groups in total. The van der Waals surface area contributed by atoms with Crippen LogP contribution in [0.3, 0.4) is 0 Å². The molecule has 2 rings (SSSR count). The molecule has 0 atom stereocenters. The van der Waals surface area contributed by atoms with Crippen molar-refractivity contribution in [1.29, 1.82) is 0 Å². The van der Waals surface area contributed by atoms with Crippen LogP contribution in [0.5, 0.6) is 0 Å².